The van der Waals surface area contributed by atoms with Crippen LogP contribution < -0.4 is 10.2 Å². The van der Waals surface area contributed by atoms with E-state index in [0.29, 0.717) is 17.8 Å². The second-order valence-electron chi connectivity index (χ2n) is 6.00. The van der Waals surface area contributed by atoms with Gasteiger partial charge in [0.1, 0.15) is 0 Å². The number of anilines is 2. The van der Waals surface area contributed by atoms with E-state index in [0.717, 1.165) is 41.1 Å². The molecule has 0 aromatic heterocycles. The molecule has 0 saturated carbocycles. The van der Waals surface area contributed by atoms with E-state index in [1.54, 1.807) is 0 Å². The largest absolute Gasteiger partial charge is 0.325 e. The molecule has 2 amide bonds. The third kappa shape index (κ3) is 3.39. The molecule has 2 aromatic rings. The van der Waals surface area contributed by atoms with Gasteiger partial charge >= 0.3 is 0 Å². The molecule has 0 bridgehead atoms. The van der Waals surface area contributed by atoms with Crippen LogP contribution in [-0.4, -0.2) is 29.2 Å². The normalized spacial score (nSPS) is 12.7. The monoisotopic (exact) mass is 356 g/mol. The fraction of sp³-hybridized carbons (Fsp3) is 0.316. The third-order valence-electron chi connectivity index (χ3n) is 4.20. The summed E-state index contributed by atoms with van der Waals surface area (Å²) in [6, 6.07) is 9.29. The Morgan fingerprint density at radius 2 is 2.00 bits per heavy atom. The molecular weight excluding hydrogens is 336 g/mol. The first-order chi connectivity index (χ1) is 12.0. The highest BCUT2D eigenvalue weighted by Gasteiger charge is 2.30. The van der Waals surface area contributed by atoms with Crippen molar-refractivity contribution in [3.63, 3.8) is 0 Å². The standard InChI is InChI=1S/C19H20N2O3S/c1-3-4-10-21-16-9-8-15(20-17(23)11-25-12(2)22)13-6-5-7-14(18(13)16)19(21)24/h5-9H,3-4,10-11H2,1-2H3,(H,20,23). The van der Waals surface area contributed by atoms with Crippen molar-refractivity contribution in [3.8, 4) is 0 Å². The minimum Gasteiger partial charge on any atom is -0.325 e. The highest BCUT2D eigenvalue weighted by Crippen LogP contribution is 2.40. The topological polar surface area (TPSA) is 66.5 Å². The van der Waals surface area contributed by atoms with Crippen LogP contribution in [0.25, 0.3) is 10.8 Å². The molecule has 0 fully saturated rings. The van der Waals surface area contributed by atoms with E-state index < -0.39 is 0 Å². The Bertz CT molecular complexity index is 863. The first kappa shape index (κ1) is 17.5. The highest BCUT2D eigenvalue weighted by molar-refractivity contribution is 8.14. The van der Waals surface area contributed by atoms with Crippen molar-refractivity contribution in [1.82, 2.24) is 0 Å². The summed E-state index contributed by atoms with van der Waals surface area (Å²) in [7, 11) is 0. The number of hydrogen-bond acceptors (Lipinski definition) is 4. The quantitative estimate of drug-likeness (QED) is 0.854. The maximum Gasteiger partial charge on any atom is 0.258 e. The zero-order valence-electron chi connectivity index (χ0n) is 14.3. The summed E-state index contributed by atoms with van der Waals surface area (Å²) in [6.45, 7) is 4.23. The first-order valence-electron chi connectivity index (χ1n) is 8.33. The van der Waals surface area contributed by atoms with E-state index in [-0.39, 0.29) is 22.7 Å². The van der Waals surface area contributed by atoms with Gasteiger partial charge in [-0.15, -0.1) is 0 Å². The number of carbonyl (C=O) groups excluding carboxylic acids is 3. The zero-order chi connectivity index (χ0) is 18.0. The number of carbonyl (C=O) groups is 3. The number of hydrogen-bond donors (Lipinski definition) is 1. The van der Waals surface area contributed by atoms with Crippen molar-refractivity contribution in [2.45, 2.75) is 26.7 Å². The van der Waals surface area contributed by atoms with E-state index in [4.69, 9.17) is 0 Å². The summed E-state index contributed by atoms with van der Waals surface area (Å²) in [5.41, 5.74) is 2.25. The summed E-state index contributed by atoms with van der Waals surface area (Å²) in [5, 5.41) is 4.50. The number of nitrogens with zero attached hydrogens (tertiary/aromatic N) is 1. The number of rotatable bonds is 6. The van der Waals surface area contributed by atoms with E-state index >= 15 is 0 Å². The van der Waals surface area contributed by atoms with Gasteiger partial charge in [-0.1, -0.05) is 37.2 Å². The molecule has 0 aliphatic carbocycles. The smallest absolute Gasteiger partial charge is 0.258 e. The lowest BCUT2D eigenvalue weighted by atomic mass is 10.0. The average molecular weight is 356 g/mol. The van der Waals surface area contributed by atoms with Crippen LogP contribution in [0.2, 0.25) is 0 Å². The molecule has 6 heteroatoms. The predicted octanol–water partition coefficient (Wildman–Crippen LogP) is 3.82. The molecule has 130 valence electrons. The summed E-state index contributed by atoms with van der Waals surface area (Å²) in [6.07, 6.45) is 1.97. The third-order valence-corrected chi connectivity index (χ3v) is 5.01. The van der Waals surface area contributed by atoms with Gasteiger partial charge in [0.25, 0.3) is 5.91 Å². The molecule has 25 heavy (non-hydrogen) atoms. The highest BCUT2D eigenvalue weighted by atomic mass is 32.2. The second-order valence-corrected chi connectivity index (χ2v) is 7.15. The van der Waals surface area contributed by atoms with Crippen molar-refractivity contribution >= 4 is 50.8 Å². The van der Waals surface area contributed by atoms with Crippen LogP contribution >= 0.6 is 11.8 Å². The van der Waals surface area contributed by atoms with Crippen molar-refractivity contribution in [2.75, 3.05) is 22.5 Å². The molecule has 0 saturated heterocycles. The summed E-state index contributed by atoms with van der Waals surface area (Å²) >= 11 is 0.979. The summed E-state index contributed by atoms with van der Waals surface area (Å²) < 4.78 is 0. The first-order valence-corrected chi connectivity index (χ1v) is 9.32. The lowest BCUT2D eigenvalue weighted by Gasteiger charge is -2.17. The molecule has 1 aliphatic heterocycles. The molecule has 0 spiro atoms. The van der Waals surface area contributed by atoms with Gasteiger partial charge < -0.3 is 10.2 Å². The molecule has 1 heterocycles. The van der Waals surface area contributed by atoms with Gasteiger partial charge in [-0.05, 0) is 24.6 Å². The van der Waals surface area contributed by atoms with Crippen molar-refractivity contribution in [3.05, 3.63) is 35.9 Å². The number of benzene rings is 2. The Hall–Kier alpha value is -2.34. The lowest BCUT2D eigenvalue weighted by Crippen LogP contribution is -2.27. The summed E-state index contributed by atoms with van der Waals surface area (Å²) in [5.74, 6) is -0.127. The molecule has 0 atom stereocenters. The second kappa shape index (κ2) is 7.27. The molecule has 0 radical (unpaired) electrons. The van der Waals surface area contributed by atoms with Gasteiger partial charge in [0.2, 0.25) is 5.91 Å². The number of unbranched alkanes of at least 4 members (excludes halogenated alkanes) is 1. The van der Waals surface area contributed by atoms with Gasteiger partial charge in [0, 0.05) is 35.5 Å². The van der Waals surface area contributed by atoms with Gasteiger partial charge in [-0.2, -0.15) is 0 Å². The number of thioether (sulfide) groups is 1. The molecule has 1 aliphatic rings. The van der Waals surface area contributed by atoms with E-state index in [9.17, 15) is 14.4 Å². The van der Waals surface area contributed by atoms with E-state index in [1.165, 1.54) is 6.92 Å². The minimum absolute atomic E-state index is 0.0182. The van der Waals surface area contributed by atoms with Crippen LogP contribution in [0, 0.1) is 0 Å². The average Bonchev–Trinajstić information content (AvgIpc) is 2.87. The van der Waals surface area contributed by atoms with Crippen molar-refractivity contribution in [1.29, 1.82) is 0 Å². The van der Waals surface area contributed by atoms with Crippen molar-refractivity contribution in [2.24, 2.45) is 0 Å². The van der Waals surface area contributed by atoms with Crippen LogP contribution in [0.4, 0.5) is 11.4 Å². The Morgan fingerprint density at radius 3 is 2.72 bits per heavy atom. The molecular formula is C19H20N2O3S. The van der Waals surface area contributed by atoms with Crippen LogP contribution in [-0.2, 0) is 9.59 Å². The molecule has 0 unspecified atom stereocenters. The fourth-order valence-electron chi connectivity index (χ4n) is 3.05. The molecule has 1 N–H and O–H groups in total. The zero-order valence-corrected chi connectivity index (χ0v) is 15.1. The Kier molecular flexibility index (Phi) is 5.08. The number of amides is 2. The molecule has 5 nitrogen and oxygen atoms in total. The molecule has 3 rings (SSSR count). The molecule has 2 aromatic carbocycles. The van der Waals surface area contributed by atoms with Crippen molar-refractivity contribution < 1.29 is 14.4 Å². The number of nitrogens with one attached hydrogen (secondary N) is 1. The summed E-state index contributed by atoms with van der Waals surface area (Å²) in [4.78, 5) is 37.6. The Balaban J connectivity index is 1.94. The Morgan fingerprint density at radius 1 is 1.20 bits per heavy atom. The predicted molar refractivity (Wildman–Crippen MR) is 102 cm³/mol. The van der Waals surface area contributed by atoms with Gasteiger partial charge in [0.05, 0.1) is 11.4 Å². The maximum absolute atomic E-state index is 12.7. The SMILES string of the molecule is CCCCN1C(=O)c2cccc3c(NC(=O)CSC(C)=O)ccc1c23. The van der Waals surface area contributed by atoms with Gasteiger partial charge in [-0.25, -0.2) is 0 Å². The fourth-order valence-corrected chi connectivity index (χ4v) is 3.45. The van der Waals surface area contributed by atoms with Gasteiger partial charge in [0.15, 0.2) is 5.12 Å². The van der Waals surface area contributed by atoms with Gasteiger partial charge in [-0.3, -0.25) is 14.4 Å². The minimum atomic E-state index is -0.229. The van der Waals surface area contributed by atoms with Crippen LogP contribution in [0.3, 0.4) is 0 Å². The van der Waals surface area contributed by atoms with Crippen LogP contribution in [0.1, 0.15) is 37.0 Å². The van der Waals surface area contributed by atoms with E-state index in [2.05, 4.69) is 12.2 Å². The Labute approximate surface area is 150 Å². The lowest BCUT2D eigenvalue weighted by molar-refractivity contribution is -0.114. The van der Waals surface area contributed by atoms with Crippen LogP contribution in [0.15, 0.2) is 30.3 Å². The maximum atomic E-state index is 12.7. The van der Waals surface area contributed by atoms with E-state index in [1.807, 2.05) is 35.2 Å². The van der Waals surface area contributed by atoms with Crippen LogP contribution in [0.5, 0.6) is 0 Å².